The lowest BCUT2D eigenvalue weighted by molar-refractivity contribution is -0.128. The van der Waals surface area contributed by atoms with Crippen LogP contribution in [0, 0.1) is 11.8 Å². The van der Waals surface area contributed by atoms with Crippen molar-refractivity contribution in [3.8, 4) is 17.2 Å². The molecule has 3 saturated heterocycles. The maximum absolute atomic E-state index is 13.4. The molecular weight excluding hydrogens is 422 g/mol. The molecule has 33 heavy (non-hydrogen) atoms. The van der Waals surface area contributed by atoms with Gasteiger partial charge >= 0.3 is 0 Å². The summed E-state index contributed by atoms with van der Waals surface area (Å²) in [6.07, 6.45) is 6.29. The van der Waals surface area contributed by atoms with Gasteiger partial charge in [-0.1, -0.05) is 6.42 Å². The van der Waals surface area contributed by atoms with E-state index in [4.69, 9.17) is 14.2 Å². The summed E-state index contributed by atoms with van der Waals surface area (Å²) in [4.78, 5) is 30.3. The Kier molecular flexibility index (Phi) is 7.32. The molecule has 0 saturated carbocycles. The number of hydrogen-bond acceptors (Lipinski definition) is 6. The summed E-state index contributed by atoms with van der Waals surface area (Å²) < 4.78 is 16.6. The van der Waals surface area contributed by atoms with Crippen molar-refractivity contribution >= 4 is 11.8 Å². The van der Waals surface area contributed by atoms with Crippen LogP contribution in [0.25, 0.3) is 0 Å². The topological polar surface area (TPSA) is 80.3 Å². The lowest BCUT2D eigenvalue weighted by Crippen LogP contribution is -2.51. The smallest absolute Gasteiger partial charge is 0.226 e. The van der Waals surface area contributed by atoms with E-state index in [9.17, 15) is 9.59 Å². The normalized spacial score (nSPS) is 27.8. The number of amides is 2. The van der Waals surface area contributed by atoms with Crippen LogP contribution in [0.3, 0.4) is 0 Å². The molecule has 3 aliphatic heterocycles. The Morgan fingerprint density at radius 2 is 1.79 bits per heavy atom. The zero-order valence-electron chi connectivity index (χ0n) is 20.3. The zero-order chi connectivity index (χ0) is 23.5. The van der Waals surface area contributed by atoms with Crippen molar-refractivity contribution in [2.75, 3.05) is 48.0 Å². The predicted octanol–water partition coefficient (Wildman–Crippen LogP) is 2.61. The van der Waals surface area contributed by atoms with Crippen molar-refractivity contribution < 1.29 is 23.8 Å². The maximum atomic E-state index is 13.4. The molecule has 1 aromatic carbocycles. The number of ether oxygens (including phenoxy) is 3. The first kappa shape index (κ1) is 23.7. The fourth-order valence-electron chi connectivity index (χ4n) is 6.07. The molecule has 3 fully saturated rings. The lowest BCUT2D eigenvalue weighted by Gasteiger charge is -2.44. The molecular formula is C25H37N3O5. The SMILES string of the molecule is COc1ccc([C@@H]2[C@@H](C(=O)NC[C@@H]3CCCN4CCCC[C@H]34)CC(=O)N2C)c(OC)c1OC. The number of nitrogens with one attached hydrogen (secondary N) is 1. The van der Waals surface area contributed by atoms with E-state index in [-0.39, 0.29) is 18.2 Å². The minimum absolute atomic E-state index is 0.0480. The Balaban J connectivity index is 1.53. The molecule has 8 nitrogen and oxygen atoms in total. The number of benzene rings is 1. The summed E-state index contributed by atoms with van der Waals surface area (Å²) in [6.45, 7) is 3.03. The molecule has 1 N–H and O–H groups in total. The van der Waals surface area contributed by atoms with Gasteiger partial charge in [0, 0.05) is 31.6 Å². The number of piperidine rings is 2. The Bertz CT molecular complexity index is 874. The summed E-state index contributed by atoms with van der Waals surface area (Å²) in [5.41, 5.74) is 0.750. The minimum atomic E-state index is -0.486. The molecule has 0 unspecified atom stereocenters. The van der Waals surface area contributed by atoms with Crippen molar-refractivity contribution in [3.63, 3.8) is 0 Å². The molecule has 0 aliphatic carbocycles. The second kappa shape index (κ2) is 10.2. The minimum Gasteiger partial charge on any atom is -0.493 e. The first-order valence-corrected chi connectivity index (χ1v) is 12.1. The van der Waals surface area contributed by atoms with E-state index in [2.05, 4.69) is 10.2 Å². The molecule has 8 heteroatoms. The maximum Gasteiger partial charge on any atom is 0.226 e. The van der Waals surface area contributed by atoms with Gasteiger partial charge < -0.3 is 29.3 Å². The average Bonchev–Trinajstić information content (AvgIpc) is 3.15. The average molecular weight is 460 g/mol. The summed E-state index contributed by atoms with van der Waals surface area (Å²) >= 11 is 0. The molecule has 2 amide bonds. The van der Waals surface area contributed by atoms with Crippen LogP contribution in [0.4, 0.5) is 0 Å². The Hall–Kier alpha value is -2.48. The second-order valence-corrected chi connectivity index (χ2v) is 9.43. The molecule has 0 bridgehead atoms. The van der Waals surface area contributed by atoms with Crippen molar-refractivity contribution in [2.24, 2.45) is 11.8 Å². The molecule has 3 aliphatic rings. The summed E-state index contributed by atoms with van der Waals surface area (Å²) in [7, 11) is 6.43. The fraction of sp³-hybridized carbons (Fsp3) is 0.680. The van der Waals surface area contributed by atoms with Crippen LogP contribution < -0.4 is 19.5 Å². The third-order valence-electron chi connectivity index (χ3n) is 7.74. The molecule has 4 atom stereocenters. The second-order valence-electron chi connectivity index (χ2n) is 9.43. The van der Waals surface area contributed by atoms with Gasteiger partial charge in [-0.2, -0.15) is 0 Å². The Morgan fingerprint density at radius 3 is 2.52 bits per heavy atom. The number of nitrogens with zero attached hydrogens (tertiary/aromatic N) is 2. The van der Waals surface area contributed by atoms with Gasteiger partial charge in [0.15, 0.2) is 11.5 Å². The molecule has 0 aromatic heterocycles. The standard InChI is InChI=1S/C25H37N3O5/c1-27-21(29)14-18(22(27)17-10-11-20(31-2)24(33-4)23(17)32-3)25(30)26-15-16-8-7-13-28-12-6-5-9-19(16)28/h10-11,16,18-19,22H,5-9,12-15H2,1-4H3,(H,26,30)/t16-,18-,19+,22+/m0/s1. The van der Waals surface area contributed by atoms with Crippen LogP contribution in [0.5, 0.6) is 17.2 Å². The van der Waals surface area contributed by atoms with Gasteiger partial charge in [-0.25, -0.2) is 0 Å². The van der Waals surface area contributed by atoms with Crippen LogP contribution in [0.15, 0.2) is 12.1 Å². The van der Waals surface area contributed by atoms with Gasteiger partial charge in [-0.3, -0.25) is 9.59 Å². The van der Waals surface area contributed by atoms with E-state index in [0.717, 1.165) is 12.0 Å². The number of likely N-dealkylation sites (tertiary alicyclic amines) is 1. The van der Waals surface area contributed by atoms with Gasteiger partial charge in [-0.15, -0.1) is 0 Å². The summed E-state index contributed by atoms with van der Waals surface area (Å²) in [5, 5.41) is 3.22. The third-order valence-corrected chi connectivity index (χ3v) is 7.74. The van der Waals surface area contributed by atoms with Crippen molar-refractivity contribution in [1.82, 2.24) is 15.1 Å². The molecule has 0 spiro atoms. The van der Waals surface area contributed by atoms with Crippen molar-refractivity contribution in [1.29, 1.82) is 0 Å². The highest BCUT2D eigenvalue weighted by molar-refractivity contribution is 5.90. The molecule has 3 heterocycles. The monoisotopic (exact) mass is 459 g/mol. The zero-order valence-corrected chi connectivity index (χ0v) is 20.3. The first-order valence-electron chi connectivity index (χ1n) is 12.1. The molecule has 182 valence electrons. The Labute approximate surface area is 196 Å². The highest BCUT2D eigenvalue weighted by Crippen LogP contribution is 2.47. The summed E-state index contributed by atoms with van der Waals surface area (Å²) in [6, 6.07) is 3.80. The van der Waals surface area contributed by atoms with E-state index in [1.54, 1.807) is 39.3 Å². The quantitative estimate of drug-likeness (QED) is 0.675. The van der Waals surface area contributed by atoms with Crippen LogP contribution in [0.2, 0.25) is 0 Å². The van der Waals surface area contributed by atoms with E-state index >= 15 is 0 Å². The van der Waals surface area contributed by atoms with E-state index in [0.29, 0.717) is 35.8 Å². The van der Waals surface area contributed by atoms with Crippen molar-refractivity contribution in [3.05, 3.63) is 17.7 Å². The van der Waals surface area contributed by atoms with Crippen LogP contribution in [-0.4, -0.2) is 75.7 Å². The fourth-order valence-corrected chi connectivity index (χ4v) is 6.07. The molecule has 0 radical (unpaired) electrons. The molecule has 1 aromatic rings. The van der Waals surface area contributed by atoms with Gasteiger partial charge in [0.05, 0.1) is 33.3 Å². The Morgan fingerprint density at radius 1 is 1.03 bits per heavy atom. The van der Waals surface area contributed by atoms with Crippen LogP contribution in [-0.2, 0) is 9.59 Å². The first-order chi connectivity index (χ1) is 16.0. The van der Waals surface area contributed by atoms with Crippen molar-refractivity contribution in [2.45, 2.75) is 50.6 Å². The van der Waals surface area contributed by atoms with Gasteiger partial charge in [0.1, 0.15) is 0 Å². The number of fused-ring (bicyclic) bond motifs is 1. The number of carbonyl (C=O) groups excluding carboxylic acids is 2. The number of rotatable bonds is 7. The van der Waals surface area contributed by atoms with Gasteiger partial charge in [0.25, 0.3) is 0 Å². The predicted molar refractivity (Wildman–Crippen MR) is 125 cm³/mol. The number of carbonyl (C=O) groups is 2. The van der Waals surface area contributed by atoms with E-state index in [1.165, 1.54) is 38.8 Å². The van der Waals surface area contributed by atoms with E-state index in [1.807, 2.05) is 6.07 Å². The lowest BCUT2D eigenvalue weighted by atomic mass is 9.83. The highest BCUT2D eigenvalue weighted by atomic mass is 16.5. The van der Waals surface area contributed by atoms with E-state index < -0.39 is 12.0 Å². The van der Waals surface area contributed by atoms with Crippen LogP contribution >= 0.6 is 0 Å². The number of hydrogen-bond donors (Lipinski definition) is 1. The summed E-state index contributed by atoms with van der Waals surface area (Å²) in [5.74, 6) is 1.37. The molecule has 4 rings (SSSR count). The highest BCUT2D eigenvalue weighted by Gasteiger charge is 2.45. The van der Waals surface area contributed by atoms with Crippen LogP contribution in [0.1, 0.15) is 50.1 Å². The number of methoxy groups -OCH3 is 3. The third kappa shape index (κ3) is 4.50. The largest absolute Gasteiger partial charge is 0.493 e. The van der Waals surface area contributed by atoms with Gasteiger partial charge in [0.2, 0.25) is 17.6 Å². The van der Waals surface area contributed by atoms with Gasteiger partial charge in [-0.05, 0) is 56.8 Å².